The molecule has 0 aliphatic rings. The quantitative estimate of drug-likeness (QED) is 0.817. The van der Waals surface area contributed by atoms with Crippen LogP contribution in [0, 0.1) is 19.7 Å². The van der Waals surface area contributed by atoms with Crippen LogP contribution in [-0.4, -0.2) is 27.3 Å². The molecule has 5 heteroatoms. The van der Waals surface area contributed by atoms with E-state index in [9.17, 15) is 9.18 Å². The van der Waals surface area contributed by atoms with Crippen molar-refractivity contribution in [3.63, 3.8) is 0 Å². The molecule has 23 heavy (non-hydrogen) atoms. The minimum Gasteiger partial charge on any atom is -0.334 e. The second kappa shape index (κ2) is 7.81. The van der Waals surface area contributed by atoms with Crippen molar-refractivity contribution < 1.29 is 9.18 Å². The van der Waals surface area contributed by atoms with Crippen LogP contribution in [0.1, 0.15) is 47.2 Å². The van der Waals surface area contributed by atoms with Crippen LogP contribution in [0.4, 0.5) is 4.39 Å². The number of aromatic nitrogens is 2. The summed E-state index contributed by atoms with van der Waals surface area (Å²) in [6.07, 6.45) is 3.50. The normalized spacial score (nSPS) is 10.6. The lowest BCUT2D eigenvalue weighted by molar-refractivity contribution is 0.0739. The molecule has 4 nitrogen and oxygen atoms in total. The van der Waals surface area contributed by atoms with E-state index < -0.39 is 0 Å². The molecule has 1 heterocycles. The topological polar surface area (TPSA) is 46.1 Å². The standard InChI is InChI=1S/C18H22FN3O/c1-4-5-10-22(12-15-6-8-16(19)9-7-15)18(23)17-11-20-14(3)21-13(17)2/h6-9,11H,4-5,10,12H2,1-3H3. The molecule has 1 aromatic carbocycles. The number of carbonyl (C=O) groups excluding carboxylic acids is 1. The predicted molar refractivity (Wildman–Crippen MR) is 87.6 cm³/mol. The molecule has 0 radical (unpaired) electrons. The lowest BCUT2D eigenvalue weighted by atomic mass is 10.1. The Hall–Kier alpha value is -2.30. The van der Waals surface area contributed by atoms with Gasteiger partial charge in [0.05, 0.1) is 11.3 Å². The zero-order valence-corrected chi connectivity index (χ0v) is 13.8. The molecule has 2 rings (SSSR count). The second-order valence-corrected chi connectivity index (χ2v) is 5.62. The maximum atomic E-state index is 13.0. The first-order valence-electron chi connectivity index (χ1n) is 7.85. The average Bonchev–Trinajstić information content (AvgIpc) is 2.52. The summed E-state index contributed by atoms with van der Waals surface area (Å²) in [5.41, 5.74) is 2.11. The Morgan fingerprint density at radius 3 is 2.52 bits per heavy atom. The molecule has 2 aromatic rings. The van der Waals surface area contributed by atoms with Crippen LogP contribution >= 0.6 is 0 Å². The Balaban J connectivity index is 2.22. The van der Waals surface area contributed by atoms with Crippen molar-refractivity contribution in [3.05, 3.63) is 58.9 Å². The van der Waals surface area contributed by atoms with E-state index in [0.717, 1.165) is 18.4 Å². The Kier molecular flexibility index (Phi) is 5.79. The lowest BCUT2D eigenvalue weighted by Gasteiger charge is -2.23. The summed E-state index contributed by atoms with van der Waals surface area (Å²) >= 11 is 0. The SMILES string of the molecule is CCCCN(Cc1ccc(F)cc1)C(=O)c1cnc(C)nc1C. The Morgan fingerprint density at radius 2 is 1.91 bits per heavy atom. The van der Waals surface area contributed by atoms with E-state index in [0.29, 0.717) is 30.2 Å². The minimum atomic E-state index is -0.275. The number of benzene rings is 1. The summed E-state index contributed by atoms with van der Waals surface area (Å²) in [4.78, 5) is 23.0. The van der Waals surface area contributed by atoms with Gasteiger partial charge in [-0.1, -0.05) is 25.5 Å². The van der Waals surface area contributed by atoms with Gasteiger partial charge in [0.2, 0.25) is 0 Å². The fraction of sp³-hybridized carbons (Fsp3) is 0.389. The smallest absolute Gasteiger partial charge is 0.257 e. The Bertz CT molecular complexity index is 670. The maximum Gasteiger partial charge on any atom is 0.257 e. The zero-order chi connectivity index (χ0) is 16.8. The van der Waals surface area contributed by atoms with Gasteiger partial charge >= 0.3 is 0 Å². The average molecular weight is 315 g/mol. The first kappa shape index (κ1) is 17.1. The summed E-state index contributed by atoms with van der Waals surface area (Å²) in [6, 6.07) is 6.25. The van der Waals surface area contributed by atoms with Gasteiger partial charge in [0.1, 0.15) is 11.6 Å². The first-order valence-corrected chi connectivity index (χ1v) is 7.85. The highest BCUT2D eigenvalue weighted by atomic mass is 19.1. The summed E-state index contributed by atoms with van der Waals surface area (Å²) in [6.45, 7) is 6.81. The molecule has 122 valence electrons. The highest BCUT2D eigenvalue weighted by Crippen LogP contribution is 2.14. The molecular weight excluding hydrogens is 293 g/mol. The molecule has 0 saturated heterocycles. The van der Waals surface area contributed by atoms with Crippen molar-refractivity contribution in [2.45, 2.75) is 40.2 Å². The number of rotatable bonds is 6. The van der Waals surface area contributed by atoms with Gasteiger partial charge in [0.25, 0.3) is 5.91 Å². The number of aryl methyl sites for hydroxylation is 2. The van der Waals surface area contributed by atoms with E-state index >= 15 is 0 Å². The maximum absolute atomic E-state index is 13.0. The van der Waals surface area contributed by atoms with E-state index in [2.05, 4.69) is 16.9 Å². The number of hydrogen-bond donors (Lipinski definition) is 0. The molecule has 0 spiro atoms. The second-order valence-electron chi connectivity index (χ2n) is 5.62. The Morgan fingerprint density at radius 1 is 1.22 bits per heavy atom. The van der Waals surface area contributed by atoms with Crippen LogP contribution in [0.15, 0.2) is 30.5 Å². The fourth-order valence-corrected chi connectivity index (χ4v) is 2.38. The van der Waals surface area contributed by atoms with Crippen molar-refractivity contribution in [3.8, 4) is 0 Å². The molecule has 0 atom stereocenters. The van der Waals surface area contributed by atoms with Gasteiger partial charge < -0.3 is 4.90 Å². The molecule has 0 aliphatic carbocycles. The zero-order valence-electron chi connectivity index (χ0n) is 13.8. The number of hydrogen-bond acceptors (Lipinski definition) is 3. The molecule has 0 bridgehead atoms. The van der Waals surface area contributed by atoms with Crippen LogP contribution in [0.25, 0.3) is 0 Å². The van der Waals surface area contributed by atoms with Gasteiger partial charge in [-0.15, -0.1) is 0 Å². The Labute approximate surface area is 136 Å². The van der Waals surface area contributed by atoms with E-state index in [1.54, 1.807) is 30.2 Å². The van der Waals surface area contributed by atoms with Crippen LogP contribution in [-0.2, 0) is 6.54 Å². The van der Waals surface area contributed by atoms with Crippen LogP contribution in [0.5, 0.6) is 0 Å². The van der Waals surface area contributed by atoms with Gasteiger partial charge in [-0.3, -0.25) is 4.79 Å². The first-order chi connectivity index (χ1) is 11.0. The van der Waals surface area contributed by atoms with Crippen molar-refractivity contribution in [2.24, 2.45) is 0 Å². The third-order valence-corrected chi connectivity index (χ3v) is 3.69. The van der Waals surface area contributed by atoms with E-state index in [-0.39, 0.29) is 11.7 Å². The number of unbranched alkanes of at least 4 members (excludes halogenated alkanes) is 1. The van der Waals surface area contributed by atoms with Gasteiger partial charge in [-0.25, -0.2) is 14.4 Å². The highest BCUT2D eigenvalue weighted by Gasteiger charge is 2.19. The third kappa shape index (κ3) is 4.58. The van der Waals surface area contributed by atoms with Crippen LogP contribution in [0.3, 0.4) is 0 Å². The molecular formula is C18H22FN3O. The monoisotopic (exact) mass is 315 g/mol. The van der Waals surface area contributed by atoms with E-state index in [4.69, 9.17) is 0 Å². The molecule has 0 unspecified atom stereocenters. The summed E-state index contributed by atoms with van der Waals surface area (Å²) in [5.74, 6) is 0.293. The predicted octanol–water partition coefficient (Wildman–Crippen LogP) is 3.68. The summed E-state index contributed by atoms with van der Waals surface area (Å²) < 4.78 is 13.0. The van der Waals surface area contributed by atoms with Gasteiger partial charge in [0, 0.05) is 19.3 Å². The number of halogens is 1. The van der Waals surface area contributed by atoms with Gasteiger partial charge in [0.15, 0.2) is 0 Å². The molecule has 0 fully saturated rings. The number of nitrogens with zero attached hydrogens (tertiary/aromatic N) is 3. The minimum absolute atomic E-state index is 0.0831. The third-order valence-electron chi connectivity index (χ3n) is 3.69. The molecule has 0 aliphatic heterocycles. The van der Waals surface area contributed by atoms with Gasteiger partial charge in [-0.2, -0.15) is 0 Å². The van der Waals surface area contributed by atoms with E-state index in [1.165, 1.54) is 12.1 Å². The molecule has 0 saturated carbocycles. The van der Waals surface area contributed by atoms with Crippen molar-refractivity contribution in [1.29, 1.82) is 0 Å². The number of carbonyl (C=O) groups is 1. The van der Waals surface area contributed by atoms with Crippen molar-refractivity contribution >= 4 is 5.91 Å². The highest BCUT2D eigenvalue weighted by molar-refractivity contribution is 5.94. The van der Waals surface area contributed by atoms with Crippen molar-refractivity contribution in [2.75, 3.05) is 6.54 Å². The number of amides is 1. The summed E-state index contributed by atoms with van der Waals surface area (Å²) in [5, 5.41) is 0. The molecule has 0 N–H and O–H groups in total. The molecule has 1 amide bonds. The van der Waals surface area contributed by atoms with E-state index in [1.807, 2.05) is 6.92 Å². The van der Waals surface area contributed by atoms with Gasteiger partial charge in [-0.05, 0) is 38.0 Å². The van der Waals surface area contributed by atoms with Crippen molar-refractivity contribution in [1.82, 2.24) is 14.9 Å². The summed E-state index contributed by atoms with van der Waals surface area (Å²) in [7, 11) is 0. The van der Waals surface area contributed by atoms with Crippen LogP contribution < -0.4 is 0 Å². The fourth-order valence-electron chi connectivity index (χ4n) is 2.38. The lowest BCUT2D eigenvalue weighted by Crippen LogP contribution is -2.32. The van der Waals surface area contributed by atoms with Crippen LogP contribution in [0.2, 0.25) is 0 Å². The largest absolute Gasteiger partial charge is 0.334 e. The molecule has 1 aromatic heterocycles.